The number of hydrogen-bond acceptors (Lipinski definition) is 5. The lowest BCUT2D eigenvalue weighted by Gasteiger charge is -2.30. The first-order valence-corrected chi connectivity index (χ1v) is 8.63. The largest absolute Gasteiger partial charge is 0.342 e. The Morgan fingerprint density at radius 1 is 1.41 bits per heavy atom. The van der Waals surface area contributed by atoms with Crippen LogP contribution in [-0.2, 0) is 4.79 Å². The first-order valence-electron chi connectivity index (χ1n) is 7.64. The molecule has 1 fully saturated rings. The van der Waals surface area contributed by atoms with Gasteiger partial charge in [0.25, 0.3) is 5.78 Å². The average Bonchev–Trinajstić information content (AvgIpc) is 2.88. The Balaban J connectivity index is 1.66. The Labute approximate surface area is 134 Å². The summed E-state index contributed by atoms with van der Waals surface area (Å²) in [6, 6.07) is 1.97. The minimum absolute atomic E-state index is 0.177. The fourth-order valence-corrected chi connectivity index (χ4v) is 3.56. The Hall–Kier alpha value is -1.63. The number of carbonyl (C=O) groups excluding carboxylic acids is 1. The first-order chi connectivity index (χ1) is 10.5. The highest BCUT2D eigenvalue weighted by Crippen LogP contribution is 2.19. The summed E-state index contributed by atoms with van der Waals surface area (Å²) < 4.78 is 1.72. The second-order valence-corrected chi connectivity index (χ2v) is 6.96. The van der Waals surface area contributed by atoms with Crippen LogP contribution in [0.25, 0.3) is 5.78 Å². The zero-order chi connectivity index (χ0) is 15.7. The van der Waals surface area contributed by atoms with E-state index in [0.717, 1.165) is 30.9 Å². The molecule has 0 radical (unpaired) electrons. The van der Waals surface area contributed by atoms with Gasteiger partial charge in [-0.2, -0.15) is 4.98 Å². The number of amides is 1. The van der Waals surface area contributed by atoms with Gasteiger partial charge in [0, 0.05) is 24.5 Å². The molecular weight excluding hydrogens is 298 g/mol. The predicted molar refractivity (Wildman–Crippen MR) is 86.0 cm³/mol. The topological polar surface area (TPSA) is 63.4 Å². The second kappa shape index (κ2) is 6.24. The van der Waals surface area contributed by atoms with Crippen LogP contribution in [0, 0.1) is 19.8 Å². The molecule has 0 aromatic carbocycles. The van der Waals surface area contributed by atoms with Crippen molar-refractivity contribution in [1.29, 1.82) is 0 Å². The summed E-state index contributed by atoms with van der Waals surface area (Å²) in [7, 11) is 0. The van der Waals surface area contributed by atoms with Crippen LogP contribution >= 0.6 is 11.8 Å². The molecule has 2 aromatic heterocycles. The zero-order valence-corrected chi connectivity index (χ0v) is 14.1. The van der Waals surface area contributed by atoms with Crippen molar-refractivity contribution in [2.75, 3.05) is 18.8 Å². The minimum Gasteiger partial charge on any atom is -0.342 e. The molecule has 0 saturated carbocycles. The van der Waals surface area contributed by atoms with Crippen LogP contribution in [-0.4, -0.2) is 49.2 Å². The molecule has 1 amide bonds. The van der Waals surface area contributed by atoms with Gasteiger partial charge in [0.05, 0.1) is 5.75 Å². The van der Waals surface area contributed by atoms with Crippen LogP contribution in [0.4, 0.5) is 0 Å². The maximum Gasteiger partial charge on any atom is 0.253 e. The number of aromatic nitrogens is 4. The van der Waals surface area contributed by atoms with Crippen molar-refractivity contribution in [3.63, 3.8) is 0 Å². The Morgan fingerprint density at radius 2 is 2.23 bits per heavy atom. The van der Waals surface area contributed by atoms with Crippen molar-refractivity contribution in [3.05, 3.63) is 17.5 Å². The van der Waals surface area contributed by atoms with E-state index in [2.05, 4.69) is 22.0 Å². The molecule has 0 spiro atoms. The molecule has 1 aliphatic rings. The SMILES string of the molecule is Cc1cc(C)n2nc(SCC(=O)N3CCC[C@@H](C)C3)nc2n1. The maximum absolute atomic E-state index is 12.3. The predicted octanol–water partition coefficient (Wildman–Crippen LogP) is 2.09. The minimum atomic E-state index is 0.177. The summed E-state index contributed by atoms with van der Waals surface area (Å²) in [5, 5.41) is 5.03. The van der Waals surface area contributed by atoms with E-state index in [9.17, 15) is 4.79 Å². The molecule has 3 rings (SSSR count). The monoisotopic (exact) mass is 319 g/mol. The van der Waals surface area contributed by atoms with E-state index in [1.54, 1.807) is 4.52 Å². The van der Waals surface area contributed by atoms with Crippen LogP contribution in [0.5, 0.6) is 0 Å². The van der Waals surface area contributed by atoms with Crippen LogP contribution < -0.4 is 0 Å². The van der Waals surface area contributed by atoms with Gasteiger partial charge in [-0.1, -0.05) is 18.7 Å². The Bertz CT molecular complexity index is 699. The number of fused-ring (bicyclic) bond motifs is 1. The molecule has 7 heteroatoms. The summed E-state index contributed by atoms with van der Waals surface area (Å²) in [5.41, 5.74) is 1.92. The van der Waals surface area contributed by atoms with Gasteiger partial charge in [-0.05, 0) is 38.7 Å². The van der Waals surface area contributed by atoms with Gasteiger partial charge >= 0.3 is 0 Å². The van der Waals surface area contributed by atoms with Crippen molar-refractivity contribution in [3.8, 4) is 0 Å². The summed E-state index contributed by atoms with van der Waals surface area (Å²) in [6.07, 6.45) is 2.32. The highest BCUT2D eigenvalue weighted by molar-refractivity contribution is 7.99. The smallest absolute Gasteiger partial charge is 0.253 e. The van der Waals surface area contributed by atoms with Gasteiger partial charge < -0.3 is 4.90 Å². The van der Waals surface area contributed by atoms with Gasteiger partial charge in [-0.25, -0.2) is 9.50 Å². The number of rotatable bonds is 3. The van der Waals surface area contributed by atoms with E-state index >= 15 is 0 Å². The van der Waals surface area contributed by atoms with Crippen LogP contribution in [0.15, 0.2) is 11.2 Å². The average molecular weight is 319 g/mol. The van der Waals surface area contributed by atoms with Crippen LogP contribution in [0.1, 0.15) is 31.2 Å². The van der Waals surface area contributed by atoms with Crippen molar-refractivity contribution < 1.29 is 4.79 Å². The van der Waals surface area contributed by atoms with Crippen molar-refractivity contribution in [2.45, 2.75) is 38.8 Å². The fraction of sp³-hybridized carbons (Fsp3) is 0.600. The molecule has 1 saturated heterocycles. The van der Waals surface area contributed by atoms with Gasteiger partial charge in [0.2, 0.25) is 11.1 Å². The third-order valence-electron chi connectivity index (χ3n) is 3.93. The van der Waals surface area contributed by atoms with Crippen LogP contribution in [0.3, 0.4) is 0 Å². The lowest BCUT2D eigenvalue weighted by Crippen LogP contribution is -2.40. The van der Waals surface area contributed by atoms with E-state index in [4.69, 9.17) is 0 Å². The van der Waals surface area contributed by atoms with E-state index < -0.39 is 0 Å². The number of nitrogens with zero attached hydrogens (tertiary/aromatic N) is 5. The molecule has 2 aromatic rings. The van der Waals surface area contributed by atoms with E-state index in [1.807, 2.05) is 24.8 Å². The van der Waals surface area contributed by atoms with Crippen molar-refractivity contribution >= 4 is 23.4 Å². The van der Waals surface area contributed by atoms with Gasteiger partial charge in [-0.3, -0.25) is 4.79 Å². The zero-order valence-electron chi connectivity index (χ0n) is 13.2. The molecule has 6 nitrogen and oxygen atoms in total. The van der Waals surface area contributed by atoms with Gasteiger partial charge in [0.15, 0.2) is 0 Å². The molecule has 1 atom stereocenters. The summed E-state index contributed by atoms with van der Waals surface area (Å²) >= 11 is 1.39. The molecule has 1 aliphatic heterocycles. The summed E-state index contributed by atoms with van der Waals surface area (Å²) in [6.45, 7) is 7.87. The Morgan fingerprint density at radius 3 is 3.00 bits per heavy atom. The highest BCUT2D eigenvalue weighted by Gasteiger charge is 2.21. The molecule has 118 valence electrons. The van der Waals surface area contributed by atoms with Gasteiger partial charge in [-0.15, -0.1) is 5.10 Å². The Kier molecular flexibility index (Phi) is 4.33. The standard InChI is InChI=1S/C15H21N5OS/c1-10-5-4-6-19(8-10)13(21)9-22-15-17-14-16-11(2)7-12(3)20(14)18-15/h7,10H,4-6,8-9H2,1-3H3/t10-/m1/s1. The molecule has 22 heavy (non-hydrogen) atoms. The molecule has 0 aliphatic carbocycles. The maximum atomic E-state index is 12.3. The number of carbonyl (C=O) groups is 1. The third kappa shape index (κ3) is 3.24. The number of piperidine rings is 1. The van der Waals surface area contributed by atoms with Crippen molar-refractivity contribution in [1.82, 2.24) is 24.5 Å². The quantitative estimate of drug-likeness (QED) is 0.811. The molecule has 3 heterocycles. The highest BCUT2D eigenvalue weighted by atomic mass is 32.2. The van der Waals surface area contributed by atoms with E-state index in [1.165, 1.54) is 18.2 Å². The van der Waals surface area contributed by atoms with E-state index in [0.29, 0.717) is 22.6 Å². The van der Waals surface area contributed by atoms with Gasteiger partial charge in [0.1, 0.15) is 0 Å². The number of aryl methyl sites for hydroxylation is 2. The second-order valence-electron chi connectivity index (χ2n) is 6.02. The van der Waals surface area contributed by atoms with Crippen molar-refractivity contribution in [2.24, 2.45) is 5.92 Å². The number of thioether (sulfide) groups is 1. The normalized spacial score (nSPS) is 18.9. The first kappa shape index (κ1) is 15.3. The number of hydrogen-bond donors (Lipinski definition) is 0. The van der Waals surface area contributed by atoms with E-state index in [-0.39, 0.29) is 5.91 Å². The van der Waals surface area contributed by atoms with Crippen LogP contribution in [0.2, 0.25) is 0 Å². The lowest BCUT2D eigenvalue weighted by atomic mass is 10.0. The molecule has 0 N–H and O–H groups in total. The molecule has 0 unspecified atom stereocenters. The summed E-state index contributed by atoms with van der Waals surface area (Å²) in [5.74, 6) is 1.77. The third-order valence-corrected chi connectivity index (χ3v) is 4.76. The fourth-order valence-electron chi connectivity index (χ4n) is 2.84. The molecule has 0 bridgehead atoms. The molecular formula is C15H21N5OS. The lowest BCUT2D eigenvalue weighted by molar-refractivity contribution is -0.130. The number of likely N-dealkylation sites (tertiary alicyclic amines) is 1. The summed E-state index contributed by atoms with van der Waals surface area (Å²) in [4.78, 5) is 23.0.